The van der Waals surface area contributed by atoms with Crippen molar-refractivity contribution < 1.29 is 28.8 Å². The van der Waals surface area contributed by atoms with Crippen LogP contribution in [0, 0.1) is 10.8 Å². The molecule has 0 bridgehead atoms. The van der Waals surface area contributed by atoms with Crippen LogP contribution in [0.15, 0.2) is 122 Å². The number of nitrogens with two attached hydrogens (primary N) is 2. The van der Waals surface area contributed by atoms with Gasteiger partial charge in [-0.15, -0.1) is 0 Å². The maximum Gasteiger partial charge on any atom is 0.245 e. The summed E-state index contributed by atoms with van der Waals surface area (Å²) in [6, 6.07) is 34.0. The summed E-state index contributed by atoms with van der Waals surface area (Å²) in [6.45, 7) is 8.05. The van der Waals surface area contributed by atoms with Gasteiger partial charge in [-0.3, -0.25) is 38.8 Å². The van der Waals surface area contributed by atoms with Gasteiger partial charge in [0.2, 0.25) is 35.4 Å². The van der Waals surface area contributed by atoms with E-state index < -0.39 is 45.8 Å². The maximum atomic E-state index is 14.2. The Morgan fingerprint density at radius 2 is 0.875 bits per heavy atom. The predicted molar refractivity (Wildman–Crippen MR) is 314 cm³/mol. The SMILES string of the molecule is CN(C)N(C)C(=O)[C@@]1(Cc2ccccc2)CCCN(C(=O)[C@@H](Cc2c[nH]c3ccccc23)NC(=O)C(C)(C)N)C1.CN(C)N(C)C(=O)[C@@]1(Cc2ccccc2)CCCN(C(=O)[C@@H](Cc2c[nH]c3ccccc23)NC(=O)C(C)(C)N)C1. The highest BCUT2D eigenvalue weighted by atomic mass is 16.2. The lowest BCUT2D eigenvalue weighted by atomic mass is 9.74. The average molecular weight is 1090 g/mol. The molecule has 0 aliphatic carbocycles. The lowest BCUT2D eigenvalue weighted by molar-refractivity contribution is -0.160. The number of aromatic nitrogens is 2. The fourth-order valence-corrected chi connectivity index (χ4v) is 11.0. The molecule has 80 heavy (non-hydrogen) atoms. The molecule has 18 nitrogen and oxygen atoms in total. The summed E-state index contributed by atoms with van der Waals surface area (Å²) >= 11 is 0. The molecule has 8 N–H and O–H groups in total. The molecule has 2 saturated heterocycles. The van der Waals surface area contributed by atoms with Gasteiger partial charge in [-0.25, -0.2) is 10.0 Å². The van der Waals surface area contributed by atoms with Crippen LogP contribution in [0.4, 0.5) is 0 Å². The Hall–Kier alpha value is -7.38. The zero-order chi connectivity index (χ0) is 58.2. The first-order chi connectivity index (χ1) is 37.8. The molecule has 8 rings (SSSR count). The zero-order valence-corrected chi connectivity index (χ0v) is 48.5. The highest BCUT2D eigenvalue weighted by molar-refractivity contribution is 5.95. The molecule has 0 radical (unpaired) electrons. The Kier molecular flexibility index (Phi) is 19.1. The Labute approximate surface area is 471 Å². The van der Waals surface area contributed by atoms with E-state index in [1.165, 1.54) is 0 Å². The molecule has 6 aromatic rings. The minimum absolute atomic E-state index is 0.0286. The Balaban J connectivity index is 0.000000231. The number of nitrogens with zero attached hydrogens (tertiary/aromatic N) is 6. The Morgan fingerprint density at radius 3 is 1.21 bits per heavy atom. The van der Waals surface area contributed by atoms with E-state index >= 15 is 0 Å². The summed E-state index contributed by atoms with van der Waals surface area (Å²) in [5, 5.41) is 14.6. The van der Waals surface area contributed by atoms with E-state index in [2.05, 4.69) is 20.6 Å². The normalized spacial score (nSPS) is 18.5. The fourth-order valence-electron chi connectivity index (χ4n) is 11.0. The molecule has 6 amide bonds. The molecular formula is C62H84N12O6. The number of hydrogen-bond acceptors (Lipinski definition) is 10. The minimum Gasteiger partial charge on any atom is -0.361 e. The van der Waals surface area contributed by atoms with Gasteiger partial charge in [-0.2, -0.15) is 0 Å². The second kappa shape index (κ2) is 25.4. The summed E-state index contributed by atoms with van der Waals surface area (Å²) in [6.07, 6.45) is 8.11. The van der Waals surface area contributed by atoms with Crippen LogP contribution >= 0.6 is 0 Å². The molecule has 4 atom stereocenters. The average Bonchev–Trinajstić information content (AvgIpc) is 4.08. The van der Waals surface area contributed by atoms with E-state index in [0.29, 0.717) is 64.5 Å². The maximum absolute atomic E-state index is 14.2. The molecular weight excluding hydrogens is 1010 g/mol. The van der Waals surface area contributed by atoms with Crippen LogP contribution in [0.1, 0.15) is 75.6 Å². The summed E-state index contributed by atoms with van der Waals surface area (Å²) in [5.41, 5.74) is 14.2. The van der Waals surface area contributed by atoms with Crippen molar-refractivity contribution in [3.05, 3.63) is 144 Å². The van der Waals surface area contributed by atoms with Crippen molar-refractivity contribution in [1.29, 1.82) is 0 Å². The number of rotatable bonds is 18. The topological polar surface area (TPSA) is 230 Å². The van der Waals surface area contributed by atoms with Gasteiger partial charge in [0, 0.05) is 116 Å². The van der Waals surface area contributed by atoms with Crippen molar-refractivity contribution in [2.75, 3.05) is 68.5 Å². The van der Waals surface area contributed by atoms with E-state index in [1.54, 1.807) is 71.6 Å². The second-order valence-corrected chi connectivity index (χ2v) is 23.6. The van der Waals surface area contributed by atoms with Gasteiger partial charge < -0.3 is 41.9 Å². The number of likely N-dealkylation sites (tertiary alicyclic amines) is 2. The highest BCUT2D eigenvalue weighted by Gasteiger charge is 2.48. The largest absolute Gasteiger partial charge is 0.361 e. The first-order valence-corrected chi connectivity index (χ1v) is 27.7. The molecule has 2 aliphatic heterocycles. The third kappa shape index (κ3) is 14.3. The number of benzene rings is 4. The summed E-state index contributed by atoms with van der Waals surface area (Å²) in [4.78, 5) is 92.4. The minimum atomic E-state index is -1.15. The molecule has 4 aromatic carbocycles. The molecule has 0 saturated carbocycles. The summed E-state index contributed by atoms with van der Waals surface area (Å²) in [5.74, 6) is -1.28. The van der Waals surface area contributed by atoms with Crippen molar-refractivity contribution >= 4 is 57.2 Å². The number of aromatic amines is 2. The van der Waals surface area contributed by atoms with Crippen molar-refractivity contribution in [3.8, 4) is 0 Å². The summed E-state index contributed by atoms with van der Waals surface area (Å²) < 4.78 is 0. The quantitative estimate of drug-likeness (QED) is 0.0598. The van der Waals surface area contributed by atoms with Crippen LogP contribution in [-0.2, 0) is 54.5 Å². The van der Waals surface area contributed by atoms with E-state index in [0.717, 1.165) is 44.1 Å². The molecule has 4 heterocycles. The van der Waals surface area contributed by atoms with Crippen LogP contribution in [0.5, 0.6) is 0 Å². The third-order valence-corrected chi connectivity index (χ3v) is 15.8. The smallest absolute Gasteiger partial charge is 0.245 e. The van der Waals surface area contributed by atoms with Crippen molar-refractivity contribution in [2.45, 2.75) is 102 Å². The van der Waals surface area contributed by atoms with Crippen LogP contribution in [-0.4, -0.2) is 167 Å². The van der Waals surface area contributed by atoms with E-state index in [1.807, 2.05) is 150 Å². The van der Waals surface area contributed by atoms with Crippen molar-refractivity contribution in [3.63, 3.8) is 0 Å². The standard InChI is InChI=1S/2C31H42N6O3/c2*1-30(2,32)28(39)34-26(18-23-20-33-25-15-10-9-14-24(23)25)27(38)37-17-11-16-31(21-37,29(40)36(5)35(3)4)19-22-12-7-6-8-13-22/h2*6-10,12-15,20,26,33H,11,16-19,21,32H2,1-5H3,(H,34,39)/t2*26-,31-/m11/s1. The van der Waals surface area contributed by atoms with E-state index in [4.69, 9.17) is 11.5 Å². The zero-order valence-electron chi connectivity index (χ0n) is 48.5. The number of carbonyl (C=O) groups is 6. The number of piperidine rings is 2. The molecule has 2 aliphatic rings. The number of para-hydroxylation sites is 2. The molecule has 0 unspecified atom stereocenters. The fraction of sp³-hybridized carbons (Fsp3) is 0.452. The number of hydrogen-bond donors (Lipinski definition) is 6. The van der Waals surface area contributed by atoms with Gasteiger partial charge in [0.1, 0.15) is 12.1 Å². The number of hydrazine groups is 2. The Bertz CT molecular complexity index is 2900. The first-order valence-electron chi connectivity index (χ1n) is 27.7. The highest BCUT2D eigenvalue weighted by Crippen LogP contribution is 2.38. The lowest BCUT2D eigenvalue weighted by Crippen LogP contribution is -2.61. The molecule has 428 valence electrons. The lowest BCUT2D eigenvalue weighted by Gasteiger charge is -2.45. The second-order valence-electron chi connectivity index (χ2n) is 23.6. The van der Waals surface area contributed by atoms with Gasteiger partial charge in [0.25, 0.3) is 0 Å². The predicted octanol–water partition coefficient (Wildman–Crippen LogP) is 5.44. The first kappa shape index (κ1) is 60.3. The number of nitrogens with one attached hydrogen (secondary N) is 4. The Morgan fingerprint density at radius 1 is 0.537 bits per heavy atom. The third-order valence-electron chi connectivity index (χ3n) is 15.8. The van der Waals surface area contributed by atoms with E-state index in [9.17, 15) is 28.8 Å². The van der Waals surface area contributed by atoms with Gasteiger partial charge >= 0.3 is 0 Å². The van der Waals surface area contributed by atoms with Crippen LogP contribution in [0.25, 0.3) is 21.8 Å². The number of amides is 6. The number of H-pyrrole nitrogens is 2. The van der Waals surface area contributed by atoms with E-state index in [-0.39, 0.29) is 36.7 Å². The van der Waals surface area contributed by atoms with Crippen LogP contribution < -0.4 is 22.1 Å². The van der Waals surface area contributed by atoms with Crippen molar-refractivity contribution in [2.24, 2.45) is 22.3 Å². The molecule has 2 aromatic heterocycles. The van der Waals surface area contributed by atoms with Crippen LogP contribution in [0.3, 0.4) is 0 Å². The van der Waals surface area contributed by atoms with Gasteiger partial charge in [0.05, 0.1) is 21.9 Å². The van der Waals surface area contributed by atoms with Gasteiger partial charge in [-0.05, 0) is 101 Å². The molecule has 0 spiro atoms. The molecule has 2 fully saturated rings. The monoisotopic (exact) mass is 1090 g/mol. The number of carbonyl (C=O) groups excluding carboxylic acids is 6. The molecule has 18 heteroatoms. The van der Waals surface area contributed by atoms with Crippen LogP contribution in [0.2, 0.25) is 0 Å². The number of fused-ring (bicyclic) bond motifs is 2. The van der Waals surface area contributed by atoms with Crippen molar-refractivity contribution in [1.82, 2.24) is 50.4 Å². The summed E-state index contributed by atoms with van der Waals surface area (Å²) in [7, 11) is 10.9. The van der Waals surface area contributed by atoms with Gasteiger partial charge in [-0.1, -0.05) is 97.1 Å². The van der Waals surface area contributed by atoms with Gasteiger partial charge in [0.15, 0.2) is 0 Å².